The molecule has 3 heteroatoms. The van der Waals surface area contributed by atoms with E-state index in [9.17, 15) is 0 Å². The molecule has 1 N–H and O–H groups in total. The van der Waals surface area contributed by atoms with Gasteiger partial charge in [0, 0.05) is 34.7 Å². The van der Waals surface area contributed by atoms with Crippen LogP contribution in [0.3, 0.4) is 0 Å². The summed E-state index contributed by atoms with van der Waals surface area (Å²) in [6.45, 7) is 5.25. The molecule has 0 fully saturated rings. The molecular weight excluding hydrogens is 216 g/mol. The van der Waals surface area contributed by atoms with Gasteiger partial charge in [-0.05, 0) is 43.7 Å². The predicted octanol–water partition coefficient (Wildman–Crippen LogP) is 3.30. The smallest absolute Gasteiger partial charge is 0.0305 e. The lowest BCUT2D eigenvalue weighted by molar-refractivity contribution is 0.578. The van der Waals surface area contributed by atoms with Crippen molar-refractivity contribution in [1.29, 1.82) is 0 Å². The second kappa shape index (κ2) is 5.23. The van der Waals surface area contributed by atoms with Gasteiger partial charge in [-0.25, -0.2) is 0 Å². The molecule has 0 saturated heterocycles. The third-order valence-electron chi connectivity index (χ3n) is 2.58. The molecule has 84 valence electrons. The SMILES string of the molecule is Cc1ccc(CNC(C)c2ccncc2)s1. The minimum atomic E-state index is 0.366. The first-order valence-electron chi connectivity index (χ1n) is 5.44. The van der Waals surface area contributed by atoms with Crippen molar-refractivity contribution < 1.29 is 0 Å². The number of thiophene rings is 1. The zero-order valence-corrected chi connectivity index (χ0v) is 10.4. The van der Waals surface area contributed by atoms with E-state index in [1.54, 1.807) is 0 Å². The first kappa shape index (κ1) is 11.3. The van der Waals surface area contributed by atoms with E-state index >= 15 is 0 Å². The van der Waals surface area contributed by atoms with Crippen LogP contribution in [-0.4, -0.2) is 4.98 Å². The van der Waals surface area contributed by atoms with Crippen molar-refractivity contribution in [2.75, 3.05) is 0 Å². The summed E-state index contributed by atoms with van der Waals surface area (Å²) in [7, 11) is 0. The van der Waals surface area contributed by atoms with Crippen LogP contribution >= 0.6 is 11.3 Å². The largest absolute Gasteiger partial charge is 0.305 e. The van der Waals surface area contributed by atoms with E-state index < -0.39 is 0 Å². The Balaban J connectivity index is 1.91. The lowest BCUT2D eigenvalue weighted by atomic mass is 10.1. The average molecular weight is 232 g/mol. The second-order valence-electron chi connectivity index (χ2n) is 3.90. The average Bonchev–Trinajstić information content (AvgIpc) is 2.73. The monoisotopic (exact) mass is 232 g/mol. The van der Waals surface area contributed by atoms with Gasteiger partial charge in [-0.3, -0.25) is 4.98 Å². The van der Waals surface area contributed by atoms with E-state index in [-0.39, 0.29) is 0 Å². The molecule has 0 aliphatic rings. The highest BCUT2D eigenvalue weighted by atomic mass is 32.1. The van der Waals surface area contributed by atoms with Gasteiger partial charge in [0.05, 0.1) is 0 Å². The van der Waals surface area contributed by atoms with Gasteiger partial charge >= 0.3 is 0 Å². The van der Waals surface area contributed by atoms with E-state index in [0.29, 0.717) is 6.04 Å². The lowest BCUT2D eigenvalue weighted by Gasteiger charge is -2.12. The van der Waals surface area contributed by atoms with E-state index in [1.807, 2.05) is 23.7 Å². The Bertz CT molecular complexity index is 436. The molecule has 0 spiro atoms. The normalized spacial score (nSPS) is 12.6. The highest BCUT2D eigenvalue weighted by Gasteiger charge is 2.04. The number of hydrogen-bond acceptors (Lipinski definition) is 3. The van der Waals surface area contributed by atoms with Gasteiger partial charge in [-0.1, -0.05) is 0 Å². The van der Waals surface area contributed by atoms with Gasteiger partial charge in [0.2, 0.25) is 0 Å². The number of nitrogens with one attached hydrogen (secondary N) is 1. The Morgan fingerprint density at radius 2 is 2.00 bits per heavy atom. The Morgan fingerprint density at radius 3 is 2.62 bits per heavy atom. The summed E-state index contributed by atoms with van der Waals surface area (Å²) in [4.78, 5) is 6.78. The van der Waals surface area contributed by atoms with Crippen LogP contribution in [0, 0.1) is 6.92 Å². The Labute approximate surface area is 100 Å². The fourth-order valence-corrected chi connectivity index (χ4v) is 2.45. The van der Waals surface area contributed by atoms with Crippen molar-refractivity contribution in [2.45, 2.75) is 26.4 Å². The van der Waals surface area contributed by atoms with Gasteiger partial charge < -0.3 is 5.32 Å². The Kier molecular flexibility index (Phi) is 3.70. The summed E-state index contributed by atoms with van der Waals surface area (Å²) in [5, 5.41) is 3.51. The standard InChI is InChI=1S/C13H16N2S/c1-10-3-4-13(16-10)9-15-11(2)12-5-7-14-8-6-12/h3-8,11,15H,9H2,1-2H3. The van der Waals surface area contributed by atoms with E-state index in [0.717, 1.165) is 6.54 Å². The molecular formula is C13H16N2S. The van der Waals surface area contributed by atoms with Gasteiger partial charge in [0.1, 0.15) is 0 Å². The van der Waals surface area contributed by atoms with Crippen LogP contribution < -0.4 is 5.32 Å². The Hall–Kier alpha value is -1.19. The van der Waals surface area contributed by atoms with Crippen molar-refractivity contribution in [3.63, 3.8) is 0 Å². The van der Waals surface area contributed by atoms with Gasteiger partial charge in [0.25, 0.3) is 0 Å². The third kappa shape index (κ3) is 2.90. The number of nitrogens with zero attached hydrogens (tertiary/aromatic N) is 1. The van der Waals surface area contributed by atoms with Crippen LogP contribution in [0.2, 0.25) is 0 Å². The summed E-state index contributed by atoms with van der Waals surface area (Å²) in [5.41, 5.74) is 1.28. The maximum absolute atomic E-state index is 4.02. The molecule has 1 unspecified atom stereocenters. The molecule has 2 nitrogen and oxygen atoms in total. The van der Waals surface area contributed by atoms with Crippen LogP contribution in [-0.2, 0) is 6.54 Å². The Morgan fingerprint density at radius 1 is 1.25 bits per heavy atom. The second-order valence-corrected chi connectivity index (χ2v) is 5.27. The molecule has 2 aromatic heterocycles. The van der Waals surface area contributed by atoms with Crippen LogP contribution in [0.1, 0.15) is 28.3 Å². The molecule has 2 rings (SSSR count). The number of aromatic nitrogens is 1. The van der Waals surface area contributed by atoms with Crippen molar-refractivity contribution >= 4 is 11.3 Å². The third-order valence-corrected chi connectivity index (χ3v) is 3.59. The predicted molar refractivity (Wildman–Crippen MR) is 68.5 cm³/mol. The highest BCUT2D eigenvalue weighted by molar-refractivity contribution is 7.11. The van der Waals surface area contributed by atoms with Crippen molar-refractivity contribution in [3.05, 3.63) is 52.0 Å². The van der Waals surface area contributed by atoms with E-state index in [4.69, 9.17) is 0 Å². The van der Waals surface area contributed by atoms with Gasteiger partial charge in [-0.15, -0.1) is 11.3 Å². The molecule has 0 aliphatic heterocycles. The van der Waals surface area contributed by atoms with Gasteiger partial charge in [0.15, 0.2) is 0 Å². The van der Waals surface area contributed by atoms with Crippen molar-refractivity contribution in [2.24, 2.45) is 0 Å². The summed E-state index contributed by atoms with van der Waals surface area (Å²) in [6, 6.07) is 8.82. The maximum Gasteiger partial charge on any atom is 0.0305 e. The van der Waals surface area contributed by atoms with Crippen LogP contribution in [0.25, 0.3) is 0 Å². The number of aryl methyl sites for hydroxylation is 1. The van der Waals surface area contributed by atoms with Crippen molar-refractivity contribution in [1.82, 2.24) is 10.3 Å². The first-order chi connectivity index (χ1) is 7.75. The molecule has 0 radical (unpaired) electrons. The summed E-state index contributed by atoms with van der Waals surface area (Å²) in [5.74, 6) is 0. The molecule has 2 aromatic rings. The van der Waals surface area contributed by atoms with Crippen LogP contribution in [0.15, 0.2) is 36.7 Å². The zero-order valence-electron chi connectivity index (χ0n) is 9.60. The molecule has 16 heavy (non-hydrogen) atoms. The minimum absolute atomic E-state index is 0.366. The number of hydrogen-bond donors (Lipinski definition) is 1. The summed E-state index contributed by atoms with van der Waals surface area (Å²) >= 11 is 1.85. The van der Waals surface area contributed by atoms with Gasteiger partial charge in [-0.2, -0.15) is 0 Å². The topological polar surface area (TPSA) is 24.9 Å². The number of rotatable bonds is 4. The zero-order chi connectivity index (χ0) is 11.4. The maximum atomic E-state index is 4.02. The fraction of sp³-hybridized carbons (Fsp3) is 0.308. The molecule has 0 aliphatic carbocycles. The molecule has 0 aromatic carbocycles. The minimum Gasteiger partial charge on any atom is -0.305 e. The molecule has 1 atom stereocenters. The van der Waals surface area contributed by atoms with Crippen molar-refractivity contribution in [3.8, 4) is 0 Å². The molecule has 0 saturated carbocycles. The van der Waals surface area contributed by atoms with Crippen LogP contribution in [0.4, 0.5) is 0 Å². The summed E-state index contributed by atoms with van der Waals surface area (Å²) in [6.07, 6.45) is 3.67. The quantitative estimate of drug-likeness (QED) is 0.875. The van der Waals surface area contributed by atoms with E-state index in [2.05, 4.69) is 48.4 Å². The lowest BCUT2D eigenvalue weighted by Crippen LogP contribution is -2.17. The van der Waals surface area contributed by atoms with Crippen LogP contribution in [0.5, 0.6) is 0 Å². The van der Waals surface area contributed by atoms with E-state index in [1.165, 1.54) is 15.3 Å². The summed E-state index contributed by atoms with van der Waals surface area (Å²) < 4.78 is 0. The number of pyridine rings is 1. The molecule has 0 bridgehead atoms. The molecule has 0 amide bonds. The first-order valence-corrected chi connectivity index (χ1v) is 6.26. The molecule has 2 heterocycles. The fourth-order valence-electron chi connectivity index (χ4n) is 1.60. The highest BCUT2D eigenvalue weighted by Crippen LogP contribution is 2.17.